The predicted molar refractivity (Wildman–Crippen MR) is 53.9 cm³/mol. The van der Waals surface area contributed by atoms with Crippen LogP contribution in [0.2, 0.25) is 0 Å². The Morgan fingerprint density at radius 2 is 2.25 bits per heavy atom. The monoisotopic (exact) mass is 165 g/mol. The topological polar surface area (TPSA) is 12.0 Å². The normalized spacial score (nSPS) is 21.9. The zero-order chi connectivity index (χ0) is 9.19. The standard InChI is InChI=1S/C11H19N/c1-5-12-10-7-6-9(2)8-11(10,3)4/h7,12H,2,5-6,8H2,1,3-4H3. The third-order valence-electron chi connectivity index (χ3n) is 2.38. The van der Waals surface area contributed by atoms with Gasteiger partial charge < -0.3 is 5.32 Å². The lowest BCUT2D eigenvalue weighted by molar-refractivity contribution is 0.395. The molecule has 0 heterocycles. The lowest BCUT2D eigenvalue weighted by Gasteiger charge is -2.33. The highest BCUT2D eigenvalue weighted by molar-refractivity contribution is 5.22. The smallest absolute Gasteiger partial charge is 0.0130 e. The minimum absolute atomic E-state index is 0.269. The second-order valence-electron chi connectivity index (χ2n) is 4.16. The van der Waals surface area contributed by atoms with Crippen LogP contribution < -0.4 is 5.32 Å². The molecule has 68 valence electrons. The Morgan fingerprint density at radius 1 is 1.58 bits per heavy atom. The zero-order valence-electron chi connectivity index (χ0n) is 8.41. The van der Waals surface area contributed by atoms with Gasteiger partial charge in [0.1, 0.15) is 0 Å². The molecule has 1 aliphatic carbocycles. The SMILES string of the molecule is C=C1CC=C(NCC)C(C)(C)C1. The Bertz CT molecular complexity index is 211. The molecule has 0 saturated carbocycles. The Morgan fingerprint density at radius 3 is 2.75 bits per heavy atom. The summed E-state index contributed by atoms with van der Waals surface area (Å²) in [6.45, 7) is 11.7. The van der Waals surface area contributed by atoms with E-state index in [0.717, 1.165) is 19.4 Å². The van der Waals surface area contributed by atoms with Gasteiger partial charge in [-0.15, -0.1) is 0 Å². The number of allylic oxidation sites excluding steroid dienone is 3. The first-order chi connectivity index (χ1) is 5.56. The molecular weight excluding hydrogens is 146 g/mol. The van der Waals surface area contributed by atoms with Gasteiger partial charge in [0.05, 0.1) is 0 Å². The summed E-state index contributed by atoms with van der Waals surface area (Å²) >= 11 is 0. The molecule has 0 aromatic rings. The third kappa shape index (κ3) is 1.90. The van der Waals surface area contributed by atoms with E-state index in [4.69, 9.17) is 0 Å². The lowest BCUT2D eigenvalue weighted by atomic mass is 9.77. The van der Waals surface area contributed by atoms with Crippen molar-refractivity contribution in [2.75, 3.05) is 6.54 Å². The van der Waals surface area contributed by atoms with Gasteiger partial charge >= 0.3 is 0 Å². The van der Waals surface area contributed by atoms with Crippen LogP contribution in [0, 0.1) is 5.41 Å². The van der Waals surface area contributed by atoms with Gasteiger partial charge in [-0.1, -0.05) is 32.1 Å². The summed E-state index contributed by atoms with van der Waals surface area (Å²) in [6, 6.07) is 0. The summed E-state index contributed by atoms with van der Waals surface area (Å²) in [4.78, 5) is 0. The maximum absolute atomic E-state index is 4.03. The summed E-state index contributed by atoms with van der Waals surface area (Å²) in [5.74, 6) is 0. The maximum Gasteiger partial charge on any atom is 0.0130 e. The summed E-state index contributed by atoms with van der Waals surface area (Å²) in [5.41, 5.74) is 3.00. The van der Waals surface area contributed by atoms with Gasteiger partial charge in [0, 0.05) is 17.7 Å². The van der Waals surface area contributed by atoms with E-state index in [2.05, 4.69) is 38.7 Å². The van der Waals surface area contributed by atoms with Crippen molar-refractivity contribution in [2.45, 2.75) is 33.6 Å². The molecule has 0 atom stereocenters. The first kappa shape index (κ1) is 9.37. The van der Waals surface area contributed by atoms with Crippen LogP contribution in [0.25, 0.3) is 0 Å². The highest BCUT2D eigenvalue weighted by atomic mass is 14.9. The predicted octanol–water partition coefficient (Wildman–Crippen LogP) is 2.86. The molecular formula is C11H19N. The largest absolute Gasteiger partial charge is 0.388 e. The second-order valence-corrected chi connectivity index (χ2v) is 4.16. The summed E-state index contributed by atoms with van der Waals surface area (Å²) in [6.07, 6.45) is 4.44. The molecule has 12 heavy (non-hydrogen) atoms. The average Bonchev–Trinajstić information content (AvgIpc) is 1.94. The Kier molecular flexibility index (Phi) is 2.61. The Balaban J connectivity index is 2.76. The lowest BCUT2D eigenvalue weighted by Crippen LogP contribution is -2.29. The summed E-state index contributed by atoms with van der Waals surface area (Å²) < 4.78 is 0. The van der Waals surface area contributed by atoms with Crippen LogP contribution in [0.1, 0.15) is 33.6 Å². The van der Waals surface area contributed by atoms with Crippen molar-refractivity contribution < 1.29 is 0 Å². The molecule has 0 radical (unpaired) electrons. The van der Waals surface area contributed by atoms with Crippen LogP contribution in [0.15, 0.2) is 23.9 Å². The van der Waals surface area contributed by atoms with Gasteiger partial charge in [-0.05, 0) is 19.8 Å². The van der Waals surface area contributed by atoms with Crippen molar-refractivity contribution in [1.29, 1.82) is 0 Å². The van der Waals surface area contributed by atoms with E-state index in [0.29, 0.717) is 0 Å². The van der Waals surface area contributed by atoms with Crippen molar-refractivity contribution in [3.05, 3.63) is 23.9 Å². The molecule has 0 aromatic carbocycles. The molecule has 1 nitrogen and oxygen atoms in total. The van der Waals surface area contributed by atoms with Gasteiger partial charge in [0.2, 0.25) is 0 Å². The first-order valence-corrected chi connectivity index (χ1v) is 4.67. The van der Waals surface area contributed by atoms with Crippen LogP contribution in [-0.2, 0) is 0 Å². The number of hydrogen-bond acceptors (Lipinski definition) is 1. The van der Waals surface area contributed by atoms with Crippen LogP contribution in [0.5, 0.6) is 0 Å². The van der Waals surface area contributed by atoms with Crippen molar-refractivity contribution in [3.8, 4) is 0 Å². The van der Waals surface area contributed by atoms with Gasteiger partial charge in [-0.2, -0.15) is 0 Å². The van der Waals surface area contributed by atoms with Crippen LogP contribution in [0.4, 0.5) is 0 Å². The molecule has 1 rings (SSSR count). The van der Waals surface area contributed by atoms with E-state index in [-0.39, 0.29) is 5.41 Å². The van der Waals surface area contributed by atoms with E-state index in [1.165, 1.54) is 11.3 Å². The second kappa shape index (κ2) is 3.34. The zero-order valence-corrected chi connectivity index (χ0v) is 8.41. The van der Waals surface area contributed by atoms with Gasteiger partial charge in [-0.25, -0.2) is 0 Å². The third-order valence-corrected chi connectivity index (χ3v) is 2.38. The number of nitrogens with one attached hydrogen (secondary N) is 1. The Labute approximate surface area is 75.6 Å². The number of rotatable bonds is 2. The van der Waals surface area contributed by atoms with Crippen molar-refractivity contribution in [2.24, 2.45) is 5.41 Å². The number of hydrogen-bond donors (Lipinski definition) is 1. The molecule has 0 spiro atoms. The van der Waals surface area contributed by atoms with E-state index in [1.807, 2.05) is 0 Å². The fraction of sp³-hybridized carbons (Fsp3) is 0.636. The van der Waals surface area contributed by atoms with Crippen LogP contribution in [-0.4, -0.2) is 6.54 Å². The van der Waals surface area contributed by atoms with E-state index < -0.39 is 0 Å². The quantitative estimate of drug-likeness (QED) is 0.620. The highest BCUT2D eigenvalue weighted by Gasteiger charge is 2.26. The van der Waals surface area contributed by atoms with E-state index >= 15 is 0 Å². The van der Waals surface area contributed by atoms with Gasteiger partial charge in [0.15, 0.2) is 0 Å². The van der Waals surface area contributed by atoms with Crippen LogP contribution >= 0.6 is 0 Å². The molecule has 1 N–H and O–H groups in total. The van der Waals surface area contributed by atoms with E-state index in [1.54, 1.807) is 0 Å². The fourth-order valence-electron chi connectivity index (χ4n) is 1.82. The molecule has 0 aromatic heterocycles. The molecule has 0 bridgehead atoms. The molecule has 0 saturated heterocycles. The minimum Gasteiger partial charge on any atom is -0.388 e. The molecule has 0 unspecified atom stereocenters. The van der Waals surface area contributed by atoms with Crippen molar-refractivity contribution in [1.82, 2.24) is 5.32 Å². The molecule has 1 heteroatoms. The molecule has 0 aliphatic heterocycles. The Hall–Kier alpha value is -0.720. The first-order valence-electron chi connectivity index (χ1n) is 4.67. The fourth-order valence-corrected chi connectivity index (χ4v) is 1.82. The minimum atomic E-state index is 0.269. The highest BCUT2D eigenvalue weighted by Crippen LogP contribution is 2.36. The van der Waals surface area contributed by atoms with Gasteiger partial charge in [-0.3, -0.25) is 0 Å². The maximum atomic E-state index is 4.03. The summed E-state index contributed by atoms with van der Waals surface area (Å²) in [5, 5.41) is 3.42. The summed E-state index contributed by atoms with van der Waals surface area (Å²) in [7, 11) is 0. The molecule has 0 amide bonds. The van der Waals surface area contributed by atoms with Crippen molar-refractivity contribution in [3.63, 3.8) is 0 Å². The molecule has 1 aliphatic rings. The van der Waals surface area contributed by atoms with Gasteiger partial charge in [0.25, 0.3) is 0 Å². The van der Waals surface area contributed by atoms with Crippen LogP contribution in [0.3, 0.4) is 0 Å². The molecule has 0 fully saturated rings. The van der Waals surface area contributed by atoms with Crippen molar-refractivity contribution >= 4 is 0 Å². The average molecular weight is 165 g/mol. The van der Waals surface area contributed by atoms with E-state index in [9.17, 15) is 0 Å².